The molecule has 0 N–H and O–H groups in total. The third-order valence-electron chi connectivity index (χ3n) is 5.01. The highest BCUT2D eigenvalue weighted by atomic mass is 79.9. The van der Waals surface area contributed by atoms with Crippen LogP contribution in [-0.4, -0.2) is 41.6 Å². The van der Waals surface area contributed by atoms with Crippen molar-refractivity contribution < 1.29 is 25.2 Å². The predicted octanol–water partition coefficient (Wildman–Crippen LogP) is 7.82. The average molecular weight is 705 g/mol. The highest BCUT2D eigenvalue weighted by Crippen LogP contribution is 2.25. The molecular formula is C24H32Br2O6S4. The maximum atomic E-state index is 12.1. The molecule has 0 aliphatic heterocycles. The van der Waals surface area contributed by atoms with Crippen molar-refractivity contribution in [2.45, 2.75) is 61.2 Å². The van der Waals surface area contributed by atoms with E-state index in [4.69, 9.17) is 8.37 Å². The van der Waals surface area contributed by atoms with Gasteiger partial charge in [-0.15, -0.1) is 0 Å². The highest BCUT2D eigenvalue weighted by molar-refractivity contribution is 9.10. The van der Waals surface area contributed by atoms with Crippen LogP contribution in [0.3, 0.4) is 0 Å². The molecule has 0 spiro atoms. The fraction of sp³-hybridized carbons (Fsp3) is 0.500. The van der Waals surface area contributed by atoms with E-state index >= 15 is 0 Å². The minimum Gasteiger partial charge on any atom is -0.266 e. The van der Waals surface area contributed by atoms with Crippen molar-refractivity contribution in [1.29, 1.82) is 0 Å². The molecular weight excluding hydrogens is 672 g/mol. The second-order valence-electron chi connectivity index (χ2n) is 7.93. The molecule has 0 bridgehead atoms. The van der Waals surface area contributed by atoms with Gasteiger partial charge in [0.15, 0.2) is 0 Å². The topological polar surface area (TPSA) is 86.7 Å². The van der Waals surface area contributed by atoms with Crippen molar-refractivity contribution in [3.8, 4) is 0 Å². The van der Waals surface area contributed by atoms with E-state index in [0.29, 0.717) is 0 Å². The van der Waals surface area contributed by atoms with Crippen LogP contribution in [0.5, 0.6) is 0 Å². The molecule has 0 aliphatic carbocycles. The second-order valence-corrected chi connectivity index (χ2v) is 15.7. The standard InChI is InChI=1S/C24H32Br2O6S4/c25-21-9-13-23(14-10-21)35(27,28)31-17-5-1-3-7-19-33-34-20-8-4-2-6-18-32-36(29,30)24-15-11-22(26)12-16-24/h9-16H,1-8,17-20H2. The molecule has 0 fully saturated rings. The minimum absolute atomic E-state index is 0.178. The SMILES string of the molecule is O=S(=O)(OCCCCCCSSCCCCCCOS(=O)(=O)c1ccc(Br)cc1)c1ccc(Br)cc1. The van der Waals surface area contributed by atoms with Crippen LogP contribution >= 0.6 is 53.4 Å². The predicted molar refractivity (Wildman–Crippen MR) is 156 cm³/mol. The van der Waals surface area contributed by atoms with E-state index < -0.39 is 20.2 Å². The summed E-state index contributed by atoms with van der Waals surface area (Å²) < 4.78 is 60.3. The Morgan fingerprint density at radius 1 is 0.528 bits per heavy atom. The molecule has 12 heteroatoms. The highest BCUT2D eigenvalue weighted by Gasteiger charge is 2.15. The summed E-state index contributed by atoms with van der Waals surface area (Å²) in [5.74, 6) is 2.15. The quantitative estimate of drug-likeness (QED) is 0.0832. The zero-order chi connectivity index (χ0) is 26.3. The summed E-state index contributed by atoms with van der Waals surface area (Å²) in [6.45, 7) is 0.420. The van der Waals surface area contributed by atoms with Crippen LogP contribution in [0, 0.1) is 0 Å². The van der Waals surface area contributed by atoms with Crippen molar-refractivity contribution >= 4 is 73.7 Å². The normalized spacial score (nSPS) is 12.2. The first-order valence-electron chi connectivity index (χ1n) is 11.8. The number of halogens is 2. The fourth-order valence-corrected chi connectivity index (χ4v) is 7.73. The summed E-state index contributed by atoms with van der Waals surface area (Å²) in [6.07, 6.45) is 7.64. The number of hydrogen-bond donors (Lipinski definition) is 0. The fourth-order valence-electron chi connectivity index (χ4n) is 3.03. The van der Waals surface area contributed by atoms with Gasteiger partial charge in [-0.2, -0.15) is 16.8 Å². The second kappa shape index (κ2) is 17.5. The molecule has 0 unspecified atom stereocenters. The molecule has 0 aliphatic rings. The van der Waals surface area contributed by atoms with Gasteiger partial charge in [0.1, 0.15) is 0 Å². The zero-order valence-corrected chi connectivity index (χ0v) is 26.4. The summed E-state index contributed by atoms with van der Waals surface area (Å²) in [7, 11) is -3.62. The van der Waals surface area contributed by atoms with Gasteiger partial charge in [0.2, 0.25) is 0 Å². The molecule has 0 atom stereocenters. The first-order chi connectivity index (χ1) is 17.2. The Labute approximate surface area is 240 Å². The van der Waals surface area contributed by atoms with Gasteiger partial charge in [-0.05, 0) is 74.2 Å². The lowest BCUT2D eigenvalue weighted by Gasteiger charge is -2.06. The van der Waals surface area contributed by atoms with Crippen LogP contribution in [-0.2, 0) is 28.6 Å². The Hall–Kier alpha value is -0.0800. The van der Waals surface area contributed by atoms with Gasteiger partial charge in [0.25, 0.3) is 20.2 Å². The first kappa shape index (κ1) is 32.1. The van der Waals surface area contributed by atoms with Crippen LogP contribution in [0.25, 0.3) is 0 Å². The monoisotopic (exact) mass is 702 g/mol. The zero-order valence-electron chi connectivity index (χ0n) is 19.9. The van der Waals surface area contributed by atoms with Crippen molar-refractivity contribution in [2.24, 2.45) is 0 Å². The van der Waals surface area contributed by atoms with Gasteiger partial charge in [-0.25, -0.2) is 0 Å². The molecule has 2 aromatic carbocycles. The molecule has 0 saturated carbocycles. The average Bonchev–Trinajstić information content (AvgIpc) is 2.84. The van der Waals surface area contributed by atoms with E-state index in [1.54, 1.807) is 24.3 Å². The van der Waals surface area contributed by atoms with Crippen molar-refractivity contribution in [3.63, 3.8) is 0 Å². The molecule has 0 aromatic heterocycles. The van der Waals surface area contributed by atoms with Gasteiger partial charge >= 0.3 is 0 Å². The van der Waals surface area contributed by atoms with Crippen molar-refractivity contribution in [1.82, 2.24) is 0 Å². The number of benzene rings is 2. The summed E-state index contributed by atoms with van der Waals surface area (Å²) in [5.41, 5.74) is 0. The summed E-state index contributed by atoms with van der Waals surface area (Å²) >= 11 is 6.57. The lowest BCUT2D eigenvalue weighted by molar-refractivity contribution is 0.306. The Bertz CT molecular complexity index is 1000. The van der Waals surface area contributed by atoms with Gasteiger partial charge in [-0.3, -0.25) is 8.37 Å². The molecule has 6 nitrogen and oxygen atoms in total. The third-order valence-corrected chi connectivity index (χ3v) is 11.3. The summed E-state index contributed by atoms with van der Waals surface area (Å²) in [4.78, 5) is 0.356. The smallest absolute Gasteiger partial charge is 0.266 e. The molecule has 0 saturated heterocycles. The van der Waals surface area contributed by atoms with E-state index in [0.717, 1.165) is 71.8 Å². The lowest BCUT2D eigenvalue weighted by Crippen LogP contribution is -2.07. The van der Waals surface area contributed by atoms with Crippen molar-refractivity contribution in [2.75, 3.05) is 24.7 Å². The molecule has 0 amide bonds. The van der Waals surface area contributed by atoms with Crippen LogP contribution in [0.2, 0.25) is 0 Å². The minimum atomic E-state index is -3.68. The van der Waals surface area contributed by atoms with Crippen LogP contribution in [0.15, 0.2) is 67.3 Å². The molecule has 0 heterocycles. The Morgan fingerprint density at radius 3 is 1.22 bits per heavy atom. The van der Waals surface area contributed by atoms with Crippen LogP contribution in [0.4, 0.5) is 0 Å². The van der Waals surface area contributed by atoms with Gasteiger partial charge in [-0.1, -0.05) is 79.1 Å². The molecule has 2 rings (SSSR count). The van der Waals surface area contributed by atoms with E-state index in [1.807, 2.05) is 21.6 Å². The van der Waals surface area contributed by atoms with E-state index in [1.165, 1.54) is 24.3 Å². The molecule has 2 aromatic rings. The molecule has 36 heavy (non-hydrogen) atoms. The van der Waals surface area contributed by atoms with E-state index in [2.05, 4.69) is 31.9 Å². The van der Waals surface area contributed by atoms with Crippen LogP contribution < -0.4 is 0 Å². The third kappa shape index (κ3) is 13.1. The van der Waals surface area contributed by atoms with Crippen LogP contribution in [0.1, 0.15) is 51.4 Å². The first-order valence-corrected chi connectivity index (χ1v) is 18.6. The van der Waals surface area contributed by atoms with Gasteiger partial charge in [0, 0.05) is 20.5 Å². The number of hydrogen-bond acceptors (Lipinski definition) is 8. The number of rotatable bonds is 19. The Balaban J connectivity index is 1.37. The largest absolute Gasteiger partial charge is 0.296 e. The molecule has 202 valence electrons. The maximum absolute atomic E-state index is 12.1. The Kier molecular flexibility index (Phi) is 15.6. The van der Waals surface area contributed by atoms with E-state index in [-0.39, 0.29) is 23.0 Å². The molecule has 0 radical (unpaired) electrons. The van der Waals surface area contributed by atoms with Crippen molar-refractivity contribution in [3.05, 3.63) is 57.5 Å². The van der Waals surface area contributed by atoms with E-state index in [9.17, 15) is 16.8 Å². The number of unbranched alkanes of at least 4 members (excludes halogenated alkanes) is 6. The Morgan fingerprint density at radius 2 is 0.861 bits per heavy atom. The van der Waals surface area contributed by atoms with Gasteiger partial charge in [0.05, 0.1) is 23.0 Å². The summed E-state index contributed by atoms with van der Waals surface area (Å²) in [5, 5.41) is 0. The lowest BCUT2D eigenvalue weighted by atomic mass is 10.2. The van der Waals surface area contributed by atoms with Gasteiger partial charge < -0.3 is 0 Å². The maximum Gasteiger partial charge on any atom is 0.296 e. The summed E-state index contributed by atoms with van der Waals surface area (Å²) in [6, 6.07) is 12.9.